The van der Waals surface area contributed by atoms with Crippen molar-refractivity contribution in [2.75, 3.05) is 52.4 Å². The van der Waals surface area contributed by atoms with Crippen LogP contribution in [0.25, 0.3) is 0 Å². The summed E-state index contributed by atoms with van der Waals surface area (Å²) in [7, 11) is 0. The fourth-order valence-corrected chi connectivity index (χ4v) is 10.5. The van der Waals surface area contributed by atoms with E-state index >= 15 is 0 Å². The Morgan fingerprint density at radius 1 is 0.324 bits per heavy atom. The third kappa shape index (κ3) is 11.1. The van der Waals surface area contributed by atoms with Gasteiger partial charge in [-0.2, -0.15) is 0 Å². The molecule has 0 saturated carbocycles. The predicted octanol–water partition coefficient (Wildman–Crippen LogP) is 10.4. The van der Waals surface area contributed by atoms with Crippen molar-refractivity contribution in [3.63, 3.8) is 0 Å². The maximum Gasteiger partial charge on any atom is 0.122 e. The standard InChI is InChI=1S/C60H72N4O4/c1-59(2,3)53-33-49-29-45-25-43(39-63-21-17-61(18-22-63)37-41-13-9-7-10-14-41)27-47(55(45)65)31-51-35-54(60(4,5)6)36-52(58(51)68)32-48-28-44(26-46(56(48)66)30-50(34-53)57(49)67)40-64-23-19-62(20-24-64)38-42-15-11-8-12-16-42/h7-16,25-28,33-36,65-68H,17-24,29-32,37-40H2,1-6H3. The number of rotatable bonds is 8. The second-order valence-electron chi connectivity index (χ2n) is 22.1. The number of aromatic hydroxyl groups is 4. The van der Waals surface area contributed by atoms with Gasteiger partial charge >= 0.3 is 0 Å². The van der Waals surface area contributed by atoms with Gasteiger partial charge in [0.2, 0.25) is 0 Å². The molecular formula is C60H72N4O4. The lowest BCUT2D eigenvalue weighted by molar-refractivity contribution is 0.122. The van der Waals surface area contributed by atoms with Crippen LogP contribution in [-0.4, -0.2) is 92.4 Å². The number of benzene rings is 6. The zero-order valence-electron chi connectivity index (χ0n) is 41.3. The molecule has 3 aliphatic rings. The van der Waals surface area contributed by atoms with Gasteiger partial charge in [0, 0.05) is 104 Å². The number of hydrogen-bond donors (Lipinski definition) is 4. The SMILES string of the molecule is CC(C)(C)c1cc2c(O)c(c1)Cc1cc(CN3CCN(Cc4ccccc4)CC3)cc(c1O)Cc1cc(C(C)(C)C)cc(c1O)Cc1cc(CN3CCN(Cc4ccccc4)CC3)cc(c1O)C2. The Labute approximate surface area is 405 Å². The molecule has 4 N–H and O–H groups in total. The van der Waals surface area contributed by atoms with Crippen molar-refractivity contribution in [2.24, 2.45) is 0 Å². The van der Waals surface area contributed by atoms with Gasteiger partial charge in [-0.1, -0.05) is 151 Å². The van der Waals surface area contributed by atoms with Crippen LogP contribution in [0.3, 0.4) is 0 Å². The van der Waals surface area contributed by atoms with E-state index in [4.69, 9.17) is 0 Å². The lowest BCUT2D eigenvalue weighted by Gasteiger charge is -2.35. The van der Waals surface area contributed by atoms with Crippen LogP contribution in [0.2, 0.25) is 0 Å². The van der Waals surface area contributed by atoms with Gasteiger partial charge in [-0.15, -0.1) is 0 Å². The van der Waals surface area contributed by atoms with E-state index in [1.54, 1.807) is 0 Å². The van der Waals surface area contributed by atoms with Crippen molar-refractivity contribution in [2.45, 2.75) is 104 Å². The first-order valence-electron chi connectivity index (χ1n) is 24.9. The molecule has 0 aromatic heterocycles. The average Bonchev–Trinajstić information content (AvgIpc) is 3.30. The quantitative estimate of drug-likeness (QED) is 0.120. The molecule has 1 aliphatic carbocycles. The first-order chi connectivity index (χ1) is 32.5. The van der Waals surface area contributed by atoms with E-state index in [2.05, 4.69) is 170 Å². The van der Waals surface area contributed by atoms with Crippen molar-refractivity contribution in [3.8, 4) is 23.0 Å². The molecule has 68 heavy (non-hydrogen) atoms. The number of piperazine rings is 2. The summed E-state index contributed by atoms with van der Waals surface area (Å²) < 4.78 is 0. The Balaban J connectivity index is 1.09. The molecule has 0 spiro atoms. The Bertz CT molecular complexity index is 2440. The number of nitrogens with zero attached hydrogens (tertiary/aromatic N) is 4. The molecule has 8 nitrogen and oxygen atoms in total. The zero-order chi connectivity index (χ0) is 47.7. The van der Waals surface area contributed by atoms with Gasteiger partial charge in [-0.05, 0) is 88.7 Å². The first-order valence-corrected chi connectivity index (χ1v) is 24.9. The molecule has 2 fully saturated rings. The van der Waals surface area contributed by atoms with E-state index in [1.807, 2.05) is 0 Å². The van der Waals surface area contributed by atoms with E-state index < -0.39 is 0 Å². The third-order valence-corrected chi connectivity index (χ3v) is 14.7. The molecule has 0 unspecified atom stereocenters. The van der Waals surface area contributed by atoms with Crippen LogP contribution in [0.4, 0.5) is 0 Å². The highest BCUT2D eigenvalue weighted by Gasteiger charge is 2.27. The summed E-state index contributed by atoms with van der Waals surface area (Å²) in [6.45, 7) is 24.2. The summed E-state index contributed by atoms with van der Waals surface area (Å²) in [5, 5.41) is 49.3. The smallest absolute Gasteiger partial charge is 0.122 e. The van der Waals surface area contributed by atoms with Crippen LogP contribution in [0.15, 0.2) is 109 Å². The van der Waals surface area contributed by atoms with Crippen LogP contribution in [-0.2, 0) is 62.7 Å². The lowest BCUT2D eigenvalue weighted by atomic mass is 9.81. The Kier molecular flexibility index (Phi) is 13.8. The molecule has 8 heteroatoms. The Morgan fingerprint density at radius 2 is 0.544 bits per heavy atom. The van der Waals surface area contributed by atoms with Gasteiger partial charge in [-0.3, -0.25) is 19.6 Å². The van der Waals surface area contributed by atoms with Crippen molar-refractivity contribution in [3.05, 3.63) is 187 Å². The molecule has 9 rings (SSSR count). The van der Waals surface area contributed by atoms with Crippen molar-refractivity contribution in [1.82, 2.24) is 19.6 Å². The van der Waals surface area contributed by atoms with E-state index in [1.165, 1.54) is 11.1 Å². The van der Waals surface area contributed by atoms with Crippen molar-refractivity contribution >= 4 is 0 Å². The normalized spacial score (nSPS) is 16.8. The highest BCUT2D eigenvalue weighted by molar-refractivity contribution is 5.58. The molecule has 0 atom stereocenters. The fraction of sp³-hybridized carbons (Fsp3) is 0.400. The van der Waals surface area contributed by atoms with Gasteiger partial charge in [0.15, 0.2) is 0 Å². The zero-order valence-corrected chi connectivity index (χ0v) is 41.3. The summed E-state index contributed by atoms with van der Waals surface area (Å²) in [5.41, 5.74) is 12.6. The largest absolute Gasteiger partial charge is 0.507 e. The van der Waals surface area contributed by atoms with E-state index in [9.17, 15) is 20.4 Å². The summed E-state index contributed by atoms with van der Waals surface area (Å²) in [6.07, 6.45) is 1.31. The first kappa shape index (κ1) is 47.4. The summed E-state index contributed by atoms with van der Waals surface area (Å²) in [4.78, 5) is 10.0. The minimum Gasteiger partial charge on any atom is -0.507 e. The molecule has 2 heterocycles. The van der Waals surface area contributed by atoms with Crippen LogP contribution in [0.5, 0.6) is 23.0 Å². The number of hydrogen-bond acceptors (Lipinski definition) is 8. The molecule has 2 aliphatic heterocycles. The molecule has 8 bridgehead atoms. The minimum atomic E-state index is -0.224. The second kappa shape index (κ2) is 19.8. The molecule has 0 amide bonds. The fourth-order valence-electron chi connectivity index (χ4n) is 10.5. The number of phenolic OH excluding ortho intramolecular Hbond substituents is 4. The lowest BCUT2D eigenvalue weighted by Crippen LogP contribution is -2.45. The van der Waals surface area contributed by atoms with Crippen molar-refractivity contribution in [1.29, 1.82) is 0 Å². The maximum absolute atomic E-state index is 12.3. The minimum absolute atomic E-state index is 0.199. The molecule has 6 aromatic rings. The maximum atomic E-state index is 12.3. The van der Waals surface area contributed by atoms with Crippen LogP contribution in [0.1, 0.15) is 119 Å². The van der Waals surface area contributed by atoms with Gasteiger partial charge in [0.25, 0.3) is 0 Å². The summed E-state index contributed by atoms with van der Waals surface area (Å²) >= 11 is 0. The van der Waals surface area contributed by atoms with Gasteiger partial charge in [0.05, 0.1) is 0 Å². The van der Waals surface area contributed by atoms with Crippen molar-refractivity contribution < 1.29 is 20.4 Å². The van der Waals surface area contributed by atoms with E-state index in [-0.39, 0.29) is 33.8 Å². The van der Waals surface area contributed by atoms with Gasteiger partial charge in [-0.25, -0.2) is 0 Å². The predicted molar refractivity (Wildman–Crippen MR) is 275 cm³/mol. The third-order valence-electron chi connectivity index (χ3n) is 14.7. The Hall–Kier alpha value is -5.64. The van der Waals surface area contributed by atoms with Crippen LogP contribution in [0, 0.1) is 0 Å². The van der Waals surface area contributed by atoms with E-state index in [0.717, 1.165) is 145 Å². The topological polar surface area (TPSA) is 93.9 Å². The Morgan fingerprint density at radius 3 is 0.779 bits per heavy atom. The molecule has 356 valence electrons. The molecule has 0 radical (unpaired) electrons. The average molecular weight is 913 g/mol. The summed E-state index contributed by atoms with van der Waals surface area (Å²) in [5.74, 6) is 0.798. The highest BCUT2D eigenvalue weighted by Crippen LogP contribution is 2.42. The van der Waals surface area contributed by atoms with Gasteiger partial charge in [0.1, 0.15) is 23.0 Å². The summed E-state index contributed by atoms with van der Waals surface area (Å²) in [6, 6.07) is 38.3. The number of phenols is 4. The van der Waals surface area contributed by atoms with E-state index in [0.29, 0.717) is 25.7 Å². The van der Waals surface area contributed by atoms with Gasteiger partial charge < -0.3 is 20.4 Å². The molecule has 2 saturated heterocycles. The monoisotopic (exact) mass is 913 g/mol. The van der Waals surface area contributed by atoms with Crippen LogP contribution < -0.4 is 0 Å². The number of fused-ring (bicyclic) bond motifs is 8. The molecule has 6 aromatic carbocycles. The highest BCUT2D eigenvalue weighted by atomic mass is 16.3. The second-order valence-corrected chi connectivity index (χ2v) is 22.1. The van der Waals surface area contributed by atoms with Crippen LogP contribution >= 0.6 is 0 Å². The molecular weight excluding hydrogens is 841 g/mol.